The molecule has 2 atom stereocenters. The summed E-state index contributed by atoms with van der Waals surface area (Å²) in [6, 6.07) is -0.634. The molecule has 0 aliphatic heterocycles. The van der Waals surface area contributed by atoms with Crippen molar-refractivity contribution >= 4 is 11.9 Å². The minimum Gasteiger partial charge on any atom is -0.466 e. The van der Waals surface area contributed by atoms with Crippen molar-refractivity contribution in [1.29, 1.82) is 0 Å². The summed E-state index contributed by atoms with van der Waals surface area (Å²) in [5.74, 6) is -0.0778. The maximum Gasteiger partial charge on any atom is 0.305 e. The fourth-order valence-electron chi connectivity index (χ4n) is 8.40. The summed E-state index contributed by atoms with van der Waals surface area (Å²) in [6.07, 6.45) is 57.8. The van der Waals surface area contributed by atoms with Crippen LogP contribution in [-0.2, 0) is 14.3 Å². The number of unbranched alkanes of at least 4 members (excludes halogenated alkanes) is 39. The first-order valence-electron chi connectivity index (χ1n) is 27.0. The van der Waals surface area contributed by atoms with Gasteiger partial charge in [-0.3, -0.25) is 9.59 Å². The Labute approximate surface area is 374 Å². The highest BCUT2D eigenvalue weighted by molar-refractivity contribution is 5.76. The Bertz CT molecular complexity index is 893. The number of carbonyl (C=O) groups excluding carboxylic acids is 2. The van der Waals surface area contributed by atoms with Crippen LogP contribution in [0.5, 0.6) is 0 Å². The highest BCUT2D eigenvalue weighted by Crippen LogP contribution is 2.17. The summed E-state index contributed by atoms with van der Waals surface area (Å²) in [5.41, 5.74) is 0. The lowest BCUT2D eigenvalue weighted by Crippen LogP contribution is -2.45. The first-order valence-corrected chi connectivity index (χ1v) is 27.0. The van der Waals surface area contributed by atoms with Crippen LogP contribution < -0.4 is 5.32 Å². The number of amides is 1. The van der Waals surface area contributed by atoms with E-state index in [1.807, 2.05) is 6.08 Å². The second-order valence-corrected chi connectivity index (χ2v) is 18.6. The van der Waals surface area contributed by atoms with Crippen LogP contribution in [0.2, 0.25) is 0 Å². The lowest BCUT2D eigenvalue weighted by atomic mass is 10.0. The molecule has 0 saturated heterocycles. The van der Waals surface area contributed by atoms with E-state index >= 15 is 0 Å². The zero-order chi connectivity index (χ0) is 43.7. The molecule has 3 N–H and O–H groups in total. The van der Waals surface area contributed by atoms with E-state index in [9.17, 15) is 19.8 Å². The van der Waals surface area contributed by atoms with Crippen LogP contribution in [-0.4, -0.2) is 47.4 Å². The largest absolute Gasteiger partial charge is 0.466 e. The Hall–Kier alpha value is -1.40. The van der Waals surface area contributed by atoms with Crippen LogP contribution in [0.25, 0.3) is 0 Å². The monoisotopic (exact) mass is 848 g/mol. The molecule has 0 bridgehead atoms. The van der Waals surface area contributed by atoms with Gasteiger partial charge in [0.25, 0.3) is 0 Å². The third-order valence-corrected chi connectivity index (χ3v) is 12.6. The number of hydrogen-bond donors (Lipinski definition) is 3. The molecule has 60 heavy (non-hydrogen) atoms. The number of hydrogen-bond acceptors (Lipinski definition) is 5. The normalized spacial score (nSPS) is 12.7. The van der Waals surface area contributed by atoms with Gasteiger partial charge in [-0.25, -0.2) is 0 Å². The number of nitrogens with one attached hydrogen (secondary N) is 1. The topological polar surface area (TPSA) is 95.9 Å². The highest BCUT2D eigenvalue weighted by atomic mass is 16.5. The zero-order valence-corrected chi connectivity index (χ0v) is 40.5. The number of allylic oxidation sites excluding steroid dienone is 1. The molecule has 2 unspecified atom stereocenters. The Balaban J connectivity index is 3.46. The van der Waals surface area contributed by atoms with E-state index in [4.69, 9.17) is 4.74 Å². The van der Waals surface area contributed by atoms with Gasteiger partial charge in [-0.1, -0.05) is 264 Å². The highest BCUT2D eigenvalue weighted by Gasteiger charge is 2.18. The smallest absolute Gasteiger partial charge is 0.305 e. The van der Waals surface area contributed by atoms with Crippen LogP contribution in [0.1, 0.15) is 296 Å². The average molecular weight is 848 g/mol. The number of carbonyl (C=O) groups is 2. The van der Waals surface area contributed by atoms with Crippen molar-refractivity contribution in [3.8, 4) is 0 Å². The second kappa shape index (κ2) is 50.2. The maximum atomic E-state index is 12.4. The van der Waals surface area contributed by atoms with Crippen molar-refractivity contribution in [3.05, 3.63) is 12.2 Å². The molecule has 0 heterocycles. The van der Waals surface area contributed by atoms with E-state index in [0.29, 0.717) is 19.4 Å². The predicted molar refractivity (Wildman–Crippen MR) is 260 cm³/mol. The number of aliphatic hydroxyl groups is 2. The first-order chi connectivity index (χ1) is 29.5. The van der Waals surface area contributed by atoms with Crippen LogP contribution >= 0.6 is 0 Å². The summed E-state index contributed by atoms with van der Waals surface area (Å²) >= 11 is 0. The number of ether oxygens (including phenoxy) is 1. The number of esters is 1. The zero-order valence-electron chi connectivity index (χ0n) is 40.5. The van der Waals surface area contributed by atoms with E-state index in [1.54, 1.807) is 6.08 Å². The Kier molecular flexibility index (Phi) is 49.1. The fraction of sp³-hybridized carbons (Fsp3) is 0.926. The maximum absolute atomic E-state index is 12.4. The Morgan fingerprint density at radius 3 is 1.13 bits per heavy atom. The van der Waals surface area contributed by atoms with Gasteiger partial charge in [-0.15, -0.1) is 0 Å². The summed E-state index contributed by atoms with van der Waals surface area (Å²) in [6.45, 7) is 4.89. The molecule has 0 radical (unpaired) electrons. The van der Waals surface area contributed by atoms with Gasteiger partial charge in [0.15, 0.2) is 0 Å². The van der Waals surface area contributed by atoms with E-state index in [1.165, 1.54) is 212 Å². The van der Waals surface area contributed by atoms with E-state index in [2.05, 4.69) is 19.2 Å². The van der Waals surface area contributed by atoms with E-state index in [-0.39, 0.29) is 18.5 Å². The van der Waals surface area contributed by atoms with Crippen molar-refractivity contribution in [1.82, 2.24) is 5.32 Å². The molecule has 0 aliphatic carbocycles. The number of rotatable bonds is 50. The summed E-state index contributed by atoms with van der Waals surface area (Å²) in [4.78, 5) is 24.5. The lowest BCUT2D eigenvalue weighted by Gasteiger charge is -2.20. The summed E-state index contributed by atoms with van der Waals surface area (Å²) in [5, 5.41) is 23.1. The molecule has 0 rings (SSSR count). The average Bonchev–Trinajstić information content (AvgIpc) is 3.25. The van der Waals surface area contributed by atoms with Crippen molar-refractivity contribution in [3.63, 3.8) is 0 Å². The van der Waals surface area contributed by atoms with Crippen LogP contribution in [0.4, 0.5) is 0 Å². The van der Waals surface area contributed by atoms with Crippen molar-refractivity contribution in [2.24, 2.45) is 0 Å². The van der Waals surface area contributed by atoms with E-state index in [0.717, 1.165) is 57.8 Å². The minimum atomic E-state index is -0.850. The second-order valence-electron chi connectivity index (χ2n) is 18.6. The number of aliphatic hydroxyl groups excluding tert-OH is 2. The fourth-order valence-corrected chi connectivity index (χ4v) is 8.40. The minimum absolute atomic E-state index is 0.000913. The van der Waals surface area contributed by atoms with Gasteiger partial charge in [0.05, 0.1) is 25.4 Å². The van der Waals surface area contributed by atoms with Gasteiger partial charge in [0.2, 0.25) is 5.91 Å². The molecule has 1 amide bonds. The van der Waals surface area contributed by atoms with Gasteiger partial charge in [-0.05, 0) is 32.1 Å². The van der Waals surface area contributed by atoms with Crippen LogP contribution in [0.15, 0.2) is 12.2 Å². The van der Waals surface area contributed by atoms with Gasteiger partial charge < -0.3 is 20.3 Å². The van der Waals surface area contributed by atoms with Crippen molar-refractivity contribution < 1.29 is 24.5 Å². The third kappa shape index (κ3) is 46.1. The van der Waals surface area contributed by atoms with Gasteiger partial charge in [-0.2, -0.15) is 0 Å². The molecule has 6 heteroatoms. The quantitative estimate of drug-likeness (QED) is 0.0322. The molecule has 0 aliphatic rings. The van der Waals surface area contributed by atoms with Crippen molar-refractivity contribution in [2.45, 2.75) is 309 Å². The predicted octanol–water partition coefficient (Wildman–Crippen LogP) is 16.1. The van der Waals surface area contributed by atoms with Crippen LogP contribution in [0, 0.1) is 0 Å². The molecule has 0 aromatic heterocycles. The summed E-state index contributed by atoms with van der Waals surface area (Å²) < 4.78 is 5.47. The molecular weight excluding hydrogens is 743 g/mol. The molecule has 0 fully saturated rings. The molecule has 0 saturated carbocycles. The Morgan fingerprint density at radius 1 is 0.450 bits per heavy atom. The van der Waals surface area contributed by atoms with Crippen LogP contribution in [0.3, 0.4) is 0 Å². The Morgan fingerprint density at radius 2 is 0.767 bits per heavy atom. The standard InChI is InChI=1S/C54H105NO5/c1-3-5-7-9-11-13-15-17-19-22-26-30-34-38-42-46-52(57)51(50-56)55-53(58)47-43-39-35-31-27-23-20-21-25-29-33-37-41-45-49-60-54(59)48-44-40-36-32-28-24-18-16-14-12-10-8-6-4-2/h42,46,51-52,56-57H,3-41,43-45,47-50H2,1-2H3,(H,55,58)/b46-42+. The van der Waals surface area contributed by atoms with Gasteiger partial charge >= 0.3 is 5.97 Å². The third-order valence-electron chi connectivity index (χ3n) is 12.6. The lowest BCUT2D eigenvalue weighted by molar-refractivity contribution is -0.143. The van der Waals surface area contributed by atoms with Crippen molar-refractivity contribution in [2.75, 3.05) is 13.2 Å². The SMILES string of the molecule is CCCCCCCCCCCCCCC/C=C/C(O)C(CO)NC(=O)CCCCCCCCCCCCCCCCOC(=O)CCCCCCCCCCCCCCCC. The summed E-state index contributed by atoms with van der Waals surface area (Å²) in [7, 11) is 0. The van der Waals surface area contributed by atoms with E-state index < -0.39 is 12.1 Å². The molecule has 0 aromatic rings. The molecule has 6 nitrogen and oxygen atoms in total. The molecule has 0 aromatic carbocycles. The molecule has 356 valence electrons. The van der Waals surface area contributed by atoms with Gasteiger partial charge in [0, 0.05) is 12.8 Å². The van der Waals surface area contributed by atoms with Gasteiger partial charge in [0.1, 0.15) is 0 Å². The molecular formula is C54H105NO5. The first kappa shape index (κ1) is 58.6. The molecule has 0 spiro atoms.